The molecule has 1 aromatic carbocycles. The molecule has 1 heterocycles. The second kappa shape index (κ2) is 4.35. The molecular weight excluding hydrogens is 210 g/mol. The minimum atomic E-state index is -0.867. The molecule has 0 atom stereocenters. The molecule has 0 bridgehead atoms. The van der Waals surface area contributed by atoms with Gasteiger partial charge in [0.2, 0.25) is 0 Å². The smallest absolute Gasteiger partial charge is 0.159 e. The van der Waals surface area contributed by atoms with Crippen molar-refractivity contribution in [1.29, 1.82) is 0 Å². The fourth-order valence-electron chi connectivity index (χ4n) is 1.40. The summed E-state index contributed by atoms with van der Waals surface area (Å²) in [6.07, 6.45) is 2.20. The fraction of sp³-hybridized carbons (Fsp3) is 0.167. The zero-order valence-electron chi connectivity index (χ0n) is 8.74. The molecule has 2 nitrogen and oxygen atoms in total. The van der Waals surface area contributed by atoms with Crippen LogP contribution in [-0.2, 0) is 6.42 Å². The summed E-state index contributed by atoms with van der Waals surface area (Å²) in [6.45, 7) is 1.97. The van der Waals surface area contributed by atoms with Crippen molar-refractivity contribution >= 4 is 0 Å². The van der Waals surface area contributed by atoms with E-state index in [0.717, 1.165) is 24.2 Å². The van der Waals surface area contributed by atoms with Crippen molar-refractivity contribution in [1.82, 2.24) is 9.97 Å². The van der Waals surface area contributed by atoms with Crippen LogP contribution in [0.25, 0.3) is 11.3 Å². The Hall–Kier alpha value is -1.84. The molecule has 0 aliphatic heterocycles. The lowest BCUT2D eigenvalue weighted by molar-refractivity contribution is 0.509. The van der Waals surface area contributed by atoms with Gasteiger partial charge < -0.3 is 0 Å². The highest BCUT2D eigenvalue weighted by Gasteiger charge is 2.06. The van der Waals surface area contributed by atoms with Gasteiger partial charge in [0.05, 0.1) is 5.69 Å². The van der Waals surface area contributed by atoms with Gasteiger partial charge in [-0.05, 0) is 30.7 Å². The Morgan fingerprint density at radius 1 is 1.06 bits per heavy atom. The highest BCUT2D eigenvalue weighted by atomic mass is 19.2. The largest absolute Gasteiger partial charge is 0.241 e. The summed E-state index contributed by atoms with van der Waals surface area (Å²) in [5, 5.41) is 0. The molecule has 1 aromatic heterocycles. The van der Waals surface area contributed by atoms with E-state index in [-0.39, 0.29) is 0 Å². The number of aromatic nitrogens is 2. The summed E-state index contributed by atoms with van der Waals surface area (Å²) in [7, 11) is 0. The molecule has 2 aromatic rings. The highest BCUT2D eigenvalue weighted by Crippen LogP contribution is 2.19. The third-order valence-electron chi connectivity index (χ3n) is 2.30. The SMILES string of the molecule is CCc1cc(-c2ccc(F)c(F)c2)ncn1. The first-order chi connectivity index (χ1) is 7.70. The molecule has 0 fully saturated rings. The van der Waals surface area contributed by atoms with E-state index >= 15 is 0 Å². The van der Waals surface area contributed by atoms with E-state index in [1.807, 2.05) is 6.92 Å². The third-order valence-corrected chi connectivity index (χ3v) is 2.30. The van der Waals surface area contributed by atoms with E-state index in [4.69, 9.17) is 0 Å². The molecule has 0 unspecified atom stereocenters. The molecule has 0 N–H and O–H groups in total. The number of hydrogen-bond acceptors (Lipinski definition) is 2. The van der Waals surface area contributed by atoms with Crippen molar-refractivity contribution < 1.29 is 8.78 Å². The number of halogens is 2. The van der Waals surface area contributed by atoms with E-state index in [2.05, 4.69) is 9.97 Å². The van der Waals surface area contributed by atoms with Gasteiger partial charge in [-0.15, -0.1) is 0 Å². The van der Waals surface area contributed by atoms with Crippen molar-refractivity contribution in [3.05, 3.63) is 47.9 Å². The molecule has 2 rings (SSSR count). The molecule has 0 radical (unpaired) electrons. The van der Waals surface area contributed by atoms with Crippen LogP contribution in [0.15, 0.2) is 30.6 Å². The van der Waals surface area contributed by atoms with Crippen molar-refractivity contribution in [2.45, 2.75) is 13.3 Å². The normalized spacial score (nSPS) is 10.4. The van der Waals surface area contributed by atoms with Crippen LogP contribution in [0, 0.1) is 11.6 Å². The van der Waals surface area contributed by atoms with E-state index in [9.17, 15) is 8.78 Å². The number of aryl methyl sites for hydroxylation is 1. The van der Waals surface area contributed by atoms with E-state index < -0.39 is 11.6 Å². The summed E-state index contributed by atoms with van der Waals surface area (Å²) < 4.78 is 25.8. The lowest BCUT2D eigenvalue weighted by atomic mass is 10.1. The lowest BCUT2D eigenvalue weighted by Crippen LogP contribution is -1.92. The van der Waals surface area contributed by atoms with Gasteiger partial charge in [0, 0.05) is 11.3 Å². The molecule has 0 saturated heterocycles. The molecule has 0 amide bonds. The topological polar surface area (TPSA) is 25.8 Å². The van der Waals surface area contributed by atoms with E-state index in [1.165, 1.54) is 12.4 Å². The van der Waals surface area contributed by atoms with E-state index in [0.29, 0.717) is 11.3 Å². The Labute approximate surface area is 92.0 Å². The first-order valence-electron chi connectivity index (χ1n) is 4.97. The van der Waals surface area contributed by atoms with Gasteiger partial charge in [-0.25, -0.2) is 18.7 Å². The van der Waals surface area contributed by atoms with Crippen LogP contribution in [0.3, 0.4) is 0 Å². The third kappa shape index (κ3) is 2.05. The number of hydrogen-bond donors (Lipinski definition) is 0. The summed E-state index contributed by atoms with van der Waals surface area (Å²) in [5.74, 6) is -1.72. The maximum atomic E-state index is 13.0. The zero-order chi connectivity index (χ0) is 11.5. The van der Waals surface area contributed by atoms with Gasteiger partial charge in [-0.1, -0.05) is 6.92 Å². The molecule has 4 heteroatoms. The number of rotatable bonds is 2. The van der Waals surface area contributed by atoms with Crippen LogP contribution < -0.4 is 0 Å². The molecular formula is C12H10F2N2. The average Bonchev–Trinajstić information content (AvgIpc) is 2.33. The first kappa shape index (κ1) is 10.7. The number of nitrogens with zero attached hydrogens (tertiary/aromatic N) is 2. The van der Waals surface area contributed by atoms with Crippen molar-refractivity contribution in [2.75, 3.05) is 0 Å². The summed E-state index contributed by atoms with van der Waals surface area (Å²) in [5.41, 5.74) is 2.02. The molecule has 0 spiro atoms. The van der Waals surface area contributed by atoms with E-state index in [1.54, 1.807) is 6.07 Å². The fourth-order valence-corrected chi connectivity index (χ4v) is 1.40. The molecule has 0 saturated carbocycles. The Kier molecular flexibility index (Phi) is 2.90. The molecule has 0 aliphatic carbocycles. The van der Waals surface area contributed by atoms with Crippen molar-refractivity contribution in [2.24, 2.45) is 0 Å². The number of benzene rings is 1. The minimum absolute atomic E-state index is 0.552. The van der Waals surface area contributed by atoms with Crippen LogP contribution >= 0.6 is 0 Å². The Morgan fingerprint density at radius 3 is 2.56 bits per heavy atom. The van der Waals surface area contributed by atoms with Crippen molar-refractivity contribution in [3.8, 4) is 11.3 Å². The Bertz CT molecular complexity index is 512. The van der Waals surface area contributed by atoms with Crippen LogP contribution in [0.4, 0.5) is 8.78 Å². The van der Waals surface area contributed by atoms with Crippen LogP contribution in [-0.4, -0.2) is 9.97 Å². The predicted molar refractivity (Wildman–Crippen MR) is 56.8 cm³/mol. The second-order valence-electron chi connectivity index (χ2n) is 3.38. The average molecular weight is 220 g/mol. The minimum Gasteiger partial charge on any atom is -0.241 e. The molecule has 0 aliphatic rings. The summed E-state index contributed by atoms with van der Waals surface area (Å²) in [4.78, 5) is 8.07. The van der Waals surface area contributed by atoms with Gasteiger partial charge >= 0.3 is 0 Å². The van der Waals surface area contributed by atoms with Gasteiger partial charge in [0.1, 0.15) is 6.33 Å². The zero-order valence-corrected chi connectivity index (χ0v) is 8.74. The lowest BCUT2D eigenvalue weighted by Gasteiger charge is -2.02. The van der Waals surface area contributed by atoms with Crippen LogP contribution in [0.1, 0.15) is 12.6 Å². The Morgan fingerprint density at radius 2 is 1.88 bits per heavy atom. The monoisotopic (exact) mass is 220 g/mol. The molecule has 82 valence electrons. The highest BCUT2D eigenvalue weighted by molar-refractivity contribution is 5.59. The summed E-state index contributed by atoms with van der Waals surface area (Å²) >= 11 is 0. The molecule has 16 heavy (non-hydrogen) atoms. The maximum absolute atomic E-state index is 13.0. The first-order valence-corrected chi connectivity index (χ1v) is 4.97. The Balaban J connectivity index is 2.46. The summed E-state index contributed by atoms with van der Waals surface area (Å²) in [6, 6.07) is 5.50. The second-order valence-corrected chi connectivity index (χ2v) is 3.38. The van der Waals surface area contributed by atoms with Crippen LogP contribution in [0.2, 0.25) is 0 Å². The van der Waals surface area contributed by atoms with Crippen LogP contribution in [0.5, 0.6) is 0 Å². The predicted octanol–water partition coefficient (Wildman–Crippen LogP) is 2.98. The van der Waals surface area contributed by atoms with Gasteiger partial charge in [-0.2, -0.15) is 0 Å². The van der Waals surface area contributed by atoms with Gasteiger partial charge in [0.15, 0.2) is 11.6 Å². The standard InChI is InChI=1S/C12H10F2N2/c1-2-9-6-12(16-7-15-9)8-3-4-10(13)11(14)5-8/h3-7H,2H2,1H3. The van der Waals surface area contributed by atoms with Gasteiger partial charge in [0.25, 0.3) is 0 Å². The van der Waals surface area contributed by atoms with Crippen molar-refractivity contribution in [3.63, 3.8) is 0 Å². The maximum Gasteiger partial charge on any atom is 0.159 e. The quantitative estimate of drug-likeness (QED) is 0.777. The van der Waals surface area contributed by atoms with Gasteiger partial charge in [-0.3, -0.25) is 0 Å².